The first-order chi connectivity index (χ1) is 10.5. The van der Waals surface area contributed by atoms with E-state index in [1.165, 1.54) is 0 Å². The van der Waals surface area contributed by atoms with Gasteiger partial charge < -0.3 is 16.0 Å². The number of hydrogen-bond donors (Lipinski definition) is 2. The van der Waals surface area contributed by atoms with Crippen LogP contribution in [-0.4, -0.2) is 29.9 Å². The van der Waals surface area contributed by atoms with Gasteiger partial charge in [0.15, 0.2) is 0 Å². The van der Waals surface area contributed by atoms with Crippen molar-refractivity contribution in [3.05, 3.63) is 29.3 Å². The highest BCUT2D eigenvalue weighted by Crippen LogP contribution is 2.28. The smallest absolute Gasteiger partial charge is 0.249 e. The minimum Gasteiger partial charge on any atom is -0.343 e. The molecule has 2 amide bonds. The Hall–Kier alpha value is -1.30. The van der Waals surface area contributed by atoms with Gasteiger partial charge in [-0.3, -0.25) is 9.59 Å². The molecule has 23 heavy (non-hydrogen) atoms. The van der Waals surface area contributed by atoms with Crippen molar-refractivity contribution in [1.82, 2.24) is 5.32 Å². The molecule has 2 fully saturated rings. The summed E-state index contributed by atoms with van der Waals surface area (Å²) in [6.07, 6.45) is 3.91. The minimum atomic E-state index is -0.802. The molecule has 1 aliphatic carbocycles. The van der Waals surface area contributed by atoms with Crippen molar-refractivity contribution in [2.75, 3.05) is 11.4 Å². The average Bonchev–Trinajstić information content (AvgIpc) is 3.07. The van der Waals surface area contributed by atoms with Crippen molar-refractivity contribution in [1.29, 1.82) is 0 Å². The van der Waals surface area contributed by atoms with Crippen molar-refractivity contribution in [3.63, 3.8) is 0 Å². The van der Waals surface area contributed by atoms with E-state index in [0.29, 0.717) is 30.8 Å². The Bertz CT molecular complexity index is 603. The Morgan fingerprint density at radius 3 is 2.70 bits per heavy atom. The second kappa shape index (κ2) is 7.07. The fourth-order valence-corrected chi connectivity index (χ4v) is 3.43. The summed E-state index contributed by atoms with van der Waals surface area (Å²) in [5.41, 5.74) is 6.10. The van der Waals surface area contributed by atoms with E-state index in [9.17, 15) is 9.59 Å². The number of carbonyl (C=O) groups excluding carboxylic acids is 2. The zero-order valence-electron chi connectivity index (χ0n) is 12.8. The third-order valence-corrected chi connectivity index (χ3v) is 4.81. The van der Waals surface area contributed by atoms with Gasteiger partial charge in [0.05, 0.1) is 5.54 Å². The SMILES string of the molecule is Cl.NC1(C(=O)NC2CCN(c3cccc(Cl)c3)C2=O)CCCC1. The van der Waals surface area contributed by atoms with Gasteiger partial charge in [0, 0.05) is 17.3 Å². The van der Waals surface area contributed by atoms with Crippen LogP contribution in [0.5, 0.6) is 0 Å². The van der Waals surface area contributed by atoms with E-state index in [1.807, 2.05) is 12.1 Å². The largest absolute Gasteiger partial charge is 0.343 e. The Morgan fingerprint density at radius 2 is 2.04 bits per heavy atom. The molecule has 5 nitrogen and oxygen atoms in total. The van der Waals surface area contributed by atoms with Crippen LogP contribution in [0.4, 0.5) is 5.69 Å². The summed E-state index contributed by atoms with van der Waals surface area (Å²) in [4.78, 5) is 26.5. The van der Waals surface area contributed by atoms with Crippen molar-refractivity contribution in [2.24, 2.45) is 5.73 Å². The molecule has 1 aliphatic heterocycles. The van der Waals surface area contributed by atoms with Gasteiger partial charge in [-0.25, -0.2) is 0 Å². The van der Waals surface area contributed by atoms with Crippen LogP contribution in [0.2, 0.25) is 5.02 Å². The molecule has 126 valence electrons. The number of carbonyl (C=O) groups is 2. The summed E-state index contributed by atoms with van der Waals surface area (Å²) in [5, 5.41) is 3.42. The maximum atomic E-state index is 12.5. The molecular weight excluding hydrogens is 337 g/mol. The molecule has 7 heteroatoms. The second-order valence-electron chi connectivity index (χ2n) is 6.15. The van der Waals surface area contributed by atoms with Gasteiger partial charge in [-0.05, 0) is 37.5 Å². The summed E-state index contributed by atoms with van der Waals surface area (Å²) >= 11 is 5.97. The highest BCUT2D eigenvalue weighted by atomic mass is 35.5. The third kappa shape index (κ3) is 3.62. The van der Waals surface area contributed by atoms with E-state index in [1.54, 1.807) is 17.0 Å². The summed E-state index contributed by atoms with van der Waals surface area (Å²) in [5.74, 6) is -0.298. The van der Waals surface area contributed by atoms with Crippen LogP contribution in [0.1, 0.15) is 32.1 Å². The highest BCUT2D eigenvalue weighted by Gasteiger charge is 2.41. The molecule has 1 atom stereocenters. The molecular formula is C16H21Cl2N3O2. The molecule has 0 radical (unpaired) electrons. The fourth-order valence-electron chi connectivity index (χ4n) is 3.25. The Kier molecular flexibility index (Phi) is 5.55. The van der Waals surface area contributed by atoms with Crippen LogP contribution in [0.25, 0.3) is 0 Å². The Morgan fingerprint density at radius 1 is 1.35 bits per heavy atom. The third-order valence-electron chi connectivity index (χ3n) is 4.58. The summed E-state index contributed by atoms with van der Waals surface area (Å²) < 4.78 is 0. The topological polar surface area (TPSA) is 75.4 Å². The average molecular weight is 358 g/mol. The van der Waals surface area contributed by atoms with Gasteiger partial charge >= 0.3 is 0 Å². The Balaban J connectivity index is 0.00000192. The number of nitrogens with zero attached hydrogens (tertiary/aromatic N) is 1. The number of nitrogens with one attached hydrogen (secondary N) is 1. The summed E-state index contributed by atoms with van der Waals surface area (Å²) in [7, 11) is 0. The highest BCUT2D eigenvalue weighted by molar-refractivity contribution is 6.31. The first kappa shape index (κ1) is 18.0. The number of anilines is 1. The molecule has 2 aliphatic rings. The van der Waals surface area contributed by atoms with Crippen molar-refractivity contribution in [2.45, 2.75) is 43.7 Å². The number of hydrogen-bond acceptors (Lipinski definition) is 3. The van der Waals surface area contributed by atoms with Crippen LogP contribution in [-0.2, 0) is 9.59 Å². The minimum absolute atomic E-state index is 0. The summed E-state index contributed by atoms with van der Waals surface area (Å²) in [6, 6.07) is 6.68. The molecule has 1 heterocycles. The van der Waals surface area contributed by atoms with E-state index in [4.69, 9.17) is 17.3 Å². The lowest BCUT2D eigenvalue weighted by atomic mass is 9.97. The van der Waals surface area contributed by atoms with Gasteiger partial charge in [0.25, 0.3) is 0 Å². The normalized spacial score (nSPS) is 22.8. The molecule has 1 aromatic rings. The number of halogens is 2. The van der Waals surface area contributed by atoms with Crippen LogP contribution < -0.4 is 16.0 Å². The lowest BCUT2D eigenvalue weighted by Crippen LogP contribution is -2.55. The van der Waals surface area contributed by atoms with Gasteiger partial charge in [-0.2, -0.15) is 0 Å². The van der Waals surface area contributed by atoms with Gasteiger partial charge in [0.1, 0.15) is 6.04 Å². The fraction of sp³-hybridized carbons (Fsp3) is 0.500. The van der Waals surface area contributed by atoms with Gasteiger partial charge in [-0.1, -0.05) is 30.5 Å². The number of amides is 2. The molecule has 1 saturated heterocycles. The molecule has 1 aromatic carbocycles. The van der Waals surface area contributed by atoms with E-state index < -0.39 is 11.6 Å². The zero-order valence-corrected chi connectivity index (χ0v) is 14.3. The van der Waals surface area contributed by atoms with Crippen LogP contribution in [0.15, 0.2) is 24.3 Å². The van der Waals surface area contributed by atoms with Crippen LogP contribution >= 0.6 is 24.0 Å². The van der Waals surface area contributed by atoms with Crippen molar-refractivity contribution >= 4 is 41.5 Å². The standard InChI is InChI=1S/C16H20ClN3O2.ClH/c17-11-4-3-5-12(10-11)20-9-6-13(14(20)21)19-15(22)16(18)7-1-2-8-16;/h3-5,10,13H,1-2,6-9,18H2,(H,19,22);1H. The molecule has 1 saturated carbocycles. The van der Waals surface area contributed by atoms with E-state index in [0.717, 1.165) is 18.5 Å². The van der Waals surface area contributed by atoms with Gasteiger partial charge in [-0.15, -0.1) is 12.4 Å². The molecule has 0 bridgehead atoms. The predicted molar refractivity (Wildman–Crippen MR) is 93.0 cm³/mol. The molecule has 0 spiro atoms. The summed E-state index contributed by atoms with van der Waals surface area (Å²) in [6.45, 7) is 0.571. The molecule has 3 rings (SSSR count). The monoisotopic (exact) mass is 357 g/mol. The predicted octanol–water partition coefficient (Wildman–Crippen LogP) is 2.25. The number of rotatable bonds is 3. The number of nitrogens with two attached hydrogens (primary N) is 1. The first-order valence-corrected chi connectivity index (χ1v) is 8.04. The molecule has 0 aromatic heterocycles. The Labute approximate surface area is 146 Å². The van der Waals surface area contributed by atoms with Crippen molar-refractivity contribution in [3.8, 4) is 0 Å². The quantitative estimate of drug-likeness (QED) is 0.870. The lowest BCUT2D eigenvalue weighted by molar-refractivity contribution is -0.130. The van der Waals surface area contributed by atoms with Crippen LogP contribution in [0, 0.1) is 0 Å². The van der Waals surface area contributed by atoms with Crippen molar-refractivity contribution < 1.29 is 9.59 Å². The maximum Gasteiger partial charge on any atom is 0.249 e. The van der Waals surface area contributed by atoms with Gasteiger partial charge in [0.2, 0.25) is 11.8 Å². The first-order valence-electron chi connectivity index (χ1n) is 7.66. The molecule has 3 N–H and O–H groups in total. The number of benzene rings is 1. The lowest BCUT2D eigenvalue weighted by Gasteiger charge is -2.24. The van der Waals surface area contributed by atoms with Crippen LogP contribution in [0.3, 0.4) is 0 Å². The molecule has 1 unspecified atom stereocenters. The second-order valence-corrected chi connectivity index (χ2v) is 6.58. The van der Waals surface area contributed by atoms with E-state index in [-0.39, 0.29) is 24.2 Å². The van der Waals surface area contributed by atoms with E-state index in [2.05, 4.69) is 5.32 Å². The van der Waals surface area contributed by atoms with E-state index >= 15 is 0 Å². The zero-order chi connectivity index (χ0) is 15.7. The maximum absolute atomic E-state index is 12.5.